The SMILES string of the molecule is C[C@@H]1CCC[C@H](C)N1/N=C\c1ccc(-c2ccc([N+](=O)[O-])cc2)o1. The Bertz CT molecular complexity index is 726. The van der Waals surface area contributed by atoms with Crippen LogP contribution in [0.15, 0.2) is 45.9 Å². The average molecular weight is 327 g/mol. The summed E-state index contributed by atoms with van der Waals surface area (Å²) in [5.74, 6) is 1.35. The third-order valence-electron chi connectivity index (χ3n) is 4.45. The number of nitro benzene ring substituents is 1. The van der Waals surface area contributed by atoms with E-state index in [0.717, 1.165) is 18.4 Å². The van der Waals surface area contributed by atoms with E-state index < -0.39 is 4.92 Å². The van der Waals surface area contributed by atoms with Gasteiger partial charge in [-0.15, -0.1) is 0 Å². The maximum Gasteiger partial charge on any atom is 0.269 e. The number of piperidine rings is 1. The fourth-order valence-corrected chi connectivity index (χ4v) is 3.08. The number of nitrogens with zero attached hydrogens (tertiary/aromatic N) is 3. The average Bonchev–Trinajstić information content (AvgIpc) is 3.03. The number of nitro groups is 1. The number of hydrogen-bond acceptors (Lipinski definition) is 5. The van der Waals surface area contributed by atoms with E-state index in [9.17, 15) is 10.1 Å². The Morgan fingerprint density at radius 2 is 1.83 bits per heavy atom. The van der Waals surface area contributed by atoms with Crippen LogP contribution in [0.25, 0.3) is 11.3 Å². The van der Waals surface area contributed by atoms with E-state index in [1.165, 1.54) is 18.6 Å². The number of non-ortho nitro benzene ring substituents is 1. The van der Waals surface area contributed by atoms with Crippen molar-refractivity contribution in [1.82, 2.24) is 5.01 Å². The molecule has 24 heavy (non-hydrogen) atoms. The normalized spacial score (nSPS) is 21.3. The van der Waals surface area contributed by atoms with E-state index in [4.69, 9.17) is 4.42 Å². The Morgan fingerprint density at radius 1 is 1.17 bits per heavy atom. The molecule has 0 spiro atoms. The van der Waals surface area contributed by atoms with Crippen LogP contribution < -0.4 is 0 Å². The topological polar surface area (TPSA) is 71.9 Å². The minimum atomic E-state index is -0.412. The van der Waals surface area contributed by atoms with Gasteiger partial charge in [0, 0.05) is 29.8 Å². The monoisotopic (exact) mass is 327 g/mol. The molecule has 6 heteroatoms. The largest absolute Gasteiger partial charge is 0.455 e. The molecule has 1 saturated heterocycles. The van der Waals surface area contributed by atoms with Gasteiger partial charge in [-0.1, -0.05) is 0 Å². The van der Waals surface area contributed by atoms with E-state index in [2.05, 4.69) is 24.0 Å². The lowest BCUT2D eigenvalue weighted by Crippen LogP contribution is -2.39. The van der Waals surface area contributed by atoms with Gasteiger partial charge in [-0.25, -0.2) is 0 Å². The van der Waals surface area contributed by atoms with Crippen LogP contribution >= 0.6 is 0 Å². The highest BCUT2D eigenvalue weighted by Gasteiger charge is 2.22. The van der Waals surface area contributed by atoms with Crippen molar-refractivity contribution >= 4 is 11.9 Å². The maximum atomic E-state index is 10.7. The van der Waals surface area contributed by atoms with Crippen molar-refractivity contribution in [3.05, 3.63) is 52.3 Å². The van der Waals surface area contributed by atoms with Crippen LogP contribution in [0.4, 0.5) is 5.69 Å². The zero-order chi connectivity index (χ0) is 17.1. The molecular formula is C18H21N3O3. The molecule has 1 aromatic carbocycles. The fraction of sp³-hybridized carbons (Fsp3) is 0.389. The first-order valence-electron chi connectivity index (χ1n) is 8.21. The summed E-state index contributed by atoms with van der Waals surface area (Å²) in [6.07, 6.45) is 5.31. The van der Waals surface area contributed by atoms with Crippen LogP contribution in [0.1, 0.15) is 38.9 Å². The molecule has 0 N–H and O–H groups in total. The molecule has 1 aromatic heterocycles. The second-order valence-corrected chi connectivity index (χ2v) is 6.26. The molecule has 0 saturated carbocycles. The molecule has 2 heterocycles. The number of hydrogen-bond donors (Lipinski definition) is 0. The summed E-state index contributed by atoms with van der Waals surface area (Å²) in [5, 5.41) is 17.4. The van der Waals surface area contributed by atoms with Crippen LogP contribution in [-0.2, 0) is 0 Å². The molecule has 0 bridgehead atoms. The van der Waals surface area contributed by atoms with Crippen LogP contribution in [0.2, 0.25) is 0 Å². The van der Waals surface area contributed by atoms with Gasteiger partial charge >= 0.3 is 0 Å². The maximum absolute atomic E-state index is 10.7. The van der Waals surface area contributed by atoms with Crippen molar-refractivity contribution in [3.8, 4) is 11.3 Å². The van der Waals surface area contributed by atoms with E-state index in [-0.39, 0.29) is 5.69 Å². The molecule has 1 fully saturated rings. The molecular weight excluding hydrogens is 306 g/mol. The summed E-state index contributed by atoms with van der Waals surface area (Å²) < 4.78 is 5.79. The molecule has 126 valence electrons. The molecule has 0 unspecified atom stereocenters. The molecule has 1 aliphatic rings. The van der Waals surface area contributed by atoms with E-state index >= 15 is 0 Å². The molecule has 1 aliphatic heterocycles. The van der Waals surface area contributed by atoms with Crippen LogP contribution in [0.5, 0.6) is 0 Å². The molecule has 0 amide bonds. The predicted molar refractivity (Wildman–Crippen MR) is 93.0 cm³/mol. The fourth-order valence-electron chi connectivity index (χ4n) is 3.08. The Balaban J connectivity index is 1.73. The van der Waals surface area contributed by atoms with Crippen LogP contribution in [0.3, 0.4) is 0 Å². The molecule has 2 aromatic rings. The Morgan fingerprint density at radius 3 is 2.46 bits per heavy atom. The van der Waals surface area contributed by atoms with Gasteiger partial charge in [0.1, 0.15) is 11.5 Å². The number of rotatable bonds is 4. The predicted octanol–water partition coefficient (Wildman–Crippen LogP) is 4.45. The van der Waals surface area contributed by atoms with Gasteiger partial charge in [-0.2, -0.15) is 5.10 Å². The molecule has 2 atom stereocenters. The van der Waals surface area contributed by atoms with Crippen molar-refractivity contribution in [1.29, 1.82) is 0 Å². The number of benzene rings is 1. The summed E-state index contributed by atoms with van der Waals surface area (Å²) in [6.45, 7) is 4.38. The molecule has 0 radical (unpaired) electrons. The minimum Gasteiger partial charge on any atom is -0.455 e. The summed E-state index contributed by atoms with van der Waals surface area (Å²) in [5.41, 5.74) is 0.875. The van der Waals surface area contributed by atoms with Crippen molar-refractivity contribution in [2.45, 2.75) is 45.2 Å². The van der Waals surface area contributed by atoms with Gasteiger partial charge in [0.05, 0.1) is 11.1 Å². The van der Waals surface area contributed by atoms with E-state index in [0.29, 0.717) is 23.6 Å². The summed E-state index contributed by atoms with van der Waals surface area (Å²) in [7, 11) is 0. The van der Waals surface area contributed by atoms with E-state index in [1.807, 2.05) is 12.1 Å². The first kappa shape index (κ1) is 16.2. The summed E-state index contributed by atoms with van der Waals surface area (Å²) >= 11 is 0. The Hall–Kier alpha value is -2.63. The van der Waals surface area contributed by atoms with Gasteiger partial charge < -0.3 is 4.42 Å². The van der Waals surface area contributed by atoms with Gasteiger partial charge in [-0.05, 0) is 57.4 Å². The second kappa shape index (κ2) is 6.86. The van der Waals surface area contributed by atoms with Crippen LogP contribution in [-0.4, -0.2) is 28.2 Å². The smallest absolute Gasteiger partial charge is 0.269 e. The van der Waals surface area contributed by atoms with Crippen LogP contribution in [0, 0.1) is 10.1 Å². The molecule has 3 rings (SSSR count). The van der Waals surface area contributed by atoms with Gasteiger partial charge in [0.25, 0.3) is 5.69 Å². The minimum absolute atomic E-state index is 0.0696. The van der Waals surface area contributed by atoms with Gasteiger partial charge in [0.15, 0.2) is 0 Å². The molecule has 0 aliphatic carbocycles. The van der Waals surface area contributed by atoms with Crippen molar-refractivity contribution < 1.29 is 9.34 Å². The first-order valence-corrected chi connectivity index (χ1v) is 8.21. The van der Waals surface area contributed by atoms with Crippen molar-refractivity contribution in [2.75, 3.05) is 0 Å². The quantitative estimate of drug-likeness (QED) is 0.472. The number of hydrazone groups is 1. The zero-order valence-corrected chi connectivity index (χ0v) is 13.9. The Labute approximate surface area is 140 Å². The van der Waals surface area contributed by atoms with Crippen molar-refractivity contribution in [3.63, 3.8) is 0 Å². The standard InChI is InChI=1S/C18H21N3O3/c1-13-4-3-5-14(2)20(13)19-12-17-10-11-18(24-17)15-6-8-16(9-7-15)21(22)23/h6-14H,3-5H2,1-2H3/b19-12-/t13-,14+. The summed E-state index contributed by atoms with van der Waals surface area (Å²) in [6, 6.07) is 10.9. The highest BCUT2D eigenvalue weighted by atomic mass is 16.6. The first-order chi connectivity index (χ1) is 11.5. The Kier molecular flexibility index (Phi) is 4.64. The highest BCUT2D eigenvalue weighted by molar-refractivity contribution is 5.77. The lowest BCUT2D eigenvalue weighted by atomic mass is 10.00. The van der Waals surface area contributed by atoms with Gasteiger partial charge in [0.2, 0.25) is 0 Å². The van der Waals surface area contributed by atoms with Gasteiger partial charge in [-0.3, -0.25) is 15.1 Å². The lowest BCUT2D eigenvalue weighted by Gasteiger charge is -2.36. The van der Waals surface area contributed by atoms with E-state index in [1.54, 1.807) is 18.3 Å². The number of furan rings is 1. The third-order valence-corrected chi connectivity index (χ3v) is 4.45. The zero-order valence-electron chi connectivity index (χ0n) is 13.9. The molecule has 6 nitrogen and oxygen atoms in total. The second-order valence-electron chi connectivity index (χ2n) is 6.26. The van der Waals surface area contributed by atoms with Crippen molar-refractivity contribution in [2.24, 2.45) is 5.10 Å². The third kappa shape index (κ3) is 3.48. The highest BCUT2D eigenvalue weighted by Crippen LogP contribution is 2.25. The lowest BCUT2D eigenvalue weighted by molar-refractivity contribution is -0.384. The summed E-state index contributed by atoms with van der Waals surface area (Å²) in [4.78, 5) is 10.3.